The van der Waals surface area contributed by atoms with Crippen LogP contribution in [-0.2, 0) is 9.53 Å². The lowest BCUT2D eigenvalue weighted by Gasteiger charge is -2.36. The number of pyridine rings is 1. The predicted molar refractivity (Wildman–Crippen MR) is 146 cm³/mol. The molecule has 1 atom stereocenters. The van der Waals surface area contributed by atoms with Crippen LogP contribution in [0.5, 0.6) is 0 Å². The average molecular weight is 508 g/mol. The number of morpholine rings is 1. The number of rotatable bonds is 6. The first-order chi connectivity index (χ1) is 17.2. The van der Waals surface area contributed by atoms with Crippen LogP contribution in [0.3, 0.4) is 0 Å². The molecule has 190 valence electrons. The lowest BCUT2D eigenvalue weighted by molar-refractivity contribution is -0.132. The third-order valence-corrected chi connectivity index (χ3v) is 7.00. The summed E-state index contributed by atoms with van der Waals surface area (Å²) in [4.78, 5) is 30.7. The maximum atomic E-state index is 12.3. The monoisotopic (exact) mass is 507 g/mol. The highest BCUT2D eigenvalue weighted by molar-refractivity contribution is 7.59. The number of benzene rings is 1. The summed E-state index contributed by atoms with van der Waals surface area (Å²) < 4.78 is 5.82. The molecule has 9 nitrogen and oxygen atoms in total. The number of hydrogen-bond donors (Lipinski definition) is 2. The standard InChI is InChI=1S/C26H31N7O2.H2S/c34-26(19-1-2-19)33-12-10-32(11-13-33)20-5-3-18(4-6-20)22-15-23-24(29-8-7-28-23)25(31-22)30-17-21-16-27-9-14-35-21;/h3-8,15,19,21,27H,1-2,9-14,16-17H2,(H,30,31);1H2/t21-;/m0./s1. The highest BCUT2D eigenvalue weighted by atomic mass is 32.1. The molecule has 0 bridgehead atoms. The van der Waals surface area contributed by atoms with Gasteiger partial charge in [0.2, 0.25) is 5.91 Å². The van der Waals surface area contributed by atoms with E-state index in [2.05, 4.69) is 49.8 Å². The number of aromatic nitrogens is 3. The molecule has 36 heavy (non-hydrogen) atoms. The summed E-state index contributed by atoms with van der Waals surface area (Å²) in [7, 11) is 0. The molecule has 1 aromatic carbocycles. The van der Waals surface area contributed by atoms with Gasteiger partial charge in [-0.3, -0.25) is 9.78 Å². The zero-order valence-electron chi connectivity index (χ0n) is 20.3. The number of ether oxygens (including phenoxy) is 1. The van der Waals surface area contributed by atoms with E-state index in [1.54, 1.807) is 12.4 Å². The van der Waals surface area contributed by atoms with E-state index in [4.69, 9.17) is 9.72 Å². The molecule has 3 aromatic rings. The van der Waals surface area contributed by atoms with E-state index in [0.29, 0.717) is 18.4 Å². The van der Waals surface area contributed by atoms with Crippen molar-refractivity contribution in [1.82, 2.24) is 25.2 Å². The largest absolute Gasteiger partial charge is 0.374 e. The Bertz CT molecular complexity index is 1190. The van der Waals surface area contributed by atoms with Gasteiger partial charge in [-0.2, -0.15) is 13.5 Å². The van der Waals surface area contributed by atoms with Crippen molar-refractivity contribution in [3.8, 4) is 11.3 Å². The zero-order valence-corrected chi connectivity index (χ0v) is 21.3. The molecule has 2 saturated heterocycles. The Labute approximate surface area is 218 Å². The average Bonchev–Trinajstić information content (AvgIpc) is 3.78. The lowest BCUT2D eigenvalue weighted by atomic mass is 10.1. The first-order valence-electron chi connectivity index (χ1n) is 12.6. The molecule has 3 aliphatic rings. The number of amides is 1. The van der Waals surface area contributed by atoms with E-state index in [0.717, 1.165) is 86.8 Å². The van der Waals surface area contributed by atoms with Crippen LogP contribution in [0, 0.1) is 5.92 Å². The highest BCUT2D eigenvalue weighted by Crippen LogP contribution is 2.32. The highest BCUT2D eigenvalue weighted by Gasteiger charge is 2.34. The predicted octanol–water partition coefficient (Wildman–Crippen LogP) is 2.26. The number of hydrogen-bond acceptors (Lipinski definition) is 8. The Balaban J connectivity index is 0.00000267. The van der Waals surface area contributed by atoms with Crippen LogP contribution in [0.4, 0.5) is 11.5 Å². The number of carbonyl (C=O) groups is 1. The quantitative estimate of drug-likeness (QED) is 0.525. The second-order valence-electron chi connectivity index (χ2n) is 9.49. The smallest absolute Gasteiger partial charge is 0.225 e. The van der Waals surface area contributed by atoms with Crippen molar-refractivity contribution >= 4 is 41.9 Å². The minimum absolute atomic E-state index is 0. The van der Waals surface area contributed by atoms with Gasteiger partial charge in [0.05, 0.1) is 23.9 Å². The Hall–Kier alpha value is -2.95. The summed E-state index contributed by atoms with van der Waals surface area (Å²) in [6, 6.07) is 10.5. The van der Waals surface area contributed by atoms with Gasteiger partial charge in [0.1, 0.15) is 5.52 Å². The molecule has 1 saturated carbocycles. The fraction of sp³-hybridized carbons (Fsp3) is 0.462. The molecule has 0 spiro atoms. The van der Waals surface area contributed by atoms with Crippen LogP contribution < -0.4 is 15.5 Å². The summed E-state index contributed by atoms with van der Waals surface area (Å²) in [6.07, 6.45) is 5.64. The summed E-state index contributed by atoms with van der Waals surface area (Å²) in [5.41, 5.74) is 4.63. The number of anilines is 2. The van der Waals surface area contributed by atoms with Crippen molar-refractivity contribution in [3.63, 3.8) is 0 Å². The Morgan fingerprint density at radius 1 is 1.08 bits per heavy atom. The SMILES string of the molecule is O=C(C1CC1)N1CCN(c2ccc(-c3cc4nccnc4c(NC[C@@H]4CNCCO4)n3)cc2)CC1.S. The van der Waals surface area contributed by atoms with E-state index in [1.807, 2.05) is 11.0 Å². The van der Waals surface area contributed by atoms with Crippen LogP contribution >= 0.6 is 13.5 Å². The van der Waals surface area contributed by atoms with Gasteiger partial charge >= 0.3 is 0 Å². The van der Waals surface area contributed by atoms with Crippen LogP contribution in [0.25, 0.3) is 22.3 Å². The molecular weight excluding hydrogens is 474 g/mol. The Kier molecular flexibility index (Phi) is 7.54. The van der Waals surface area contributed by atoms with E-state index >= 15 is 0 Å². The normalized spacial score (nSPS) is 20.2. The van der Waals surface area contributed by atoms with Crippen LogP contribution in [0.15, 0.2) is 42.7 Å². The van der Waals surface area contributed by atoms with Gasteiger partial charge in [0.25, 0.3) is 0 Å². The van der Waals surface area contributed by atoms with Gasteiger partial charge in [0.15, 0.2) is 5.82 Å². The number of nitrogens with one attached hydrogen (secondary N) is 2. The van der Waals surface area contributed by atoms with Gasteiger partial charge in [-0.15, -0.1) is 0 Å². The van der Waals surface area contributed by atoms with Gasteiger partial charge in [0, 0.05) is 75.4 Å². The van der Waals surface area contributed by atoms with Crippen molar-refractivity contribution in [2.75, 3.05) is 62.6 Å². The van der Waals surface area contributed by atoms with Gasteiger partial charge in [-0.25, -0.2) is 9.97 Å². The Morgan fingerprint density at radius 2 is 1.86 bits per heavy atom. The minimum Gasteiger partial charge on any atom is -0.374 e. The van der Waals surface area contributed by atoms with Gasteiger partial charge in [-0.05, 0) is 31.0 Å². The number of fused-ring (bicyclic) bond motifs is 1. The molecular formula is C26H33N7O2S. The maximum Gasteiger partial charge on any atom is 0.225 e. The van der Waals surface area contributed by atoms with E-state index in [-0.39, 0.29) is 19.6 Å². The number of carbonyl (C=O) groups excluding carboxylic acids is 1. The third kappa shape index (κ3) is 5.40. The van der Waals surface area contributed by atoms with Crippen LogP contribution in [0.1, 0.15) is 12.8 Å². The topological polar surface area (TPSA) is 95.5 Å². The van der Waals surface area contributed by atoms with E-state index in [1.165, 1.54) is 5.69 Å². The zero-order chi connectivity index (χ0) is 23.6. The molecule has 2 N–H and O–H groups in total. The number of nitrogens with zero attached hydrogens (tertiary/aromatic N) is 5. The van der Waals surface area contributed by atoms with Crippen molar-refractivity contribution in [3.05, 3.63) is 42.7 Å². The first kappa shape index (κ1) is 24.7. The van der Waals surface area contributed by atoms with Crippen LogP contribution in [0.2, 0.25) is 0 Å². The molecule has 2 aliphatic heterocycles. The molecule has 0 unspecified atom stereocenters. The molecule has 1 aliphatic carbocycles. The molecule has 2 aromatic heterocycles. The van der Waals surface area contributed by atoms with Crippen molar-refractivity contribution in [1.29, 1.82) is 0 Å². The molecule has 1 amide bonds. The van der Waals surface area contributed by atoms with Crippen molar-refractivity contribution in [2.24, 2.45) is 5.92 Å². The summed E-state index contributed by atoms with van der Waals surface area (Å²) in [6.45, 7) is 6.43. The van der Waals surface area contributed by atoms with Crippen LogP contribution in [-0.4, -0.2) is 84.3 Å². The third-order valence-electron chi connectivity index (χ3n) is 7.00. The summed E-state index contributed by atoms with van der Waals surface area (Å²) in [5, 5.41) is 6.79. The van der Waals surface area contributed by atoms with Crippen molar-refractivity contribution in [2.45, 2.75) is 18.9 Å². The second-order valence-corrected chi connectivity index (χ2v) is 9.49. The van der Waals surface area contributed by atoms with Crippen molar-refractivity contribution < 1.29 is 9.53 Å². The maximum absolute atomic E-state index is 12.3. The first-order valence-corrected chi connectivity index (χ1v) is 12.6. The molecule has 3 fully saturated rings. The minimum atomic E-state index is 0. The van der Waals surface area contributed by atoms with Gasteiger partial charge in [-0.1, -0.05) is 12.1 Å². The van der Waals surface area contributed by atoms with E-state index < -0.39 is 0 Å². The summed E-state index contributed by atoms with van der Waals surface area (Å²) in [5.74, 6) is 1.37. The fourth-order valence-electron chi connectivity index (χ4n) is 4.82. The summed E-state index contributed by atoms with van der Waals surface area (Å²) >= 11 is 0. The second kappa shape index (κ2) is 11.0. The van der Waals surface area contributed by atoms with E-state index in [9.17, 15) is 4.79 Å². The molecule has 10 heteroatoms. The molecule has 6 rings (SSSR count). The number of piperazine rings is 1. The van der Waals surface area contributed by atoms with Gasteiger partial charge < -0.3 is 25.2 Å². The Morgan fingerprint density at radius 3 is 2.58 bits per heavy atom. The lowest BCUT2D eigenvalue weighted by Crippen LogP contribution is -2.49. The fourth-order valence-corrected chi connectivity index (χ4v) is 4.82. The molecule has 0 radical (unpaired) electrons. The molecule has 4 heterocycles.